The van der Waals surface area contributed by atoms with Crippen molar-refractivity contribution in [3.05, 3.63) is 84.4 Å². The monoisotopic (exact) mass is 612 g/mol. The summed E-state index contributed by atoms with van der Waals surface area (Å²) in [6.45, 7) is 2.38. The van der Waals surface area contributed by atoms with E-state index in [0.29, 0.717) is 38.5 Å². The number of sulfonamides is 2. The fourth-order valence-electron chi connectivity index (χ4n) is 5.55. The van der Waals surface area contributed by atoms with Crippen LogP contribution in [0.5, 0.6) is 11.5 Å². The summed E-state index contributed by atoms with van der Waals surface area (Å²) in [7, 11) is -7.98. The Labute approximate surface area is 245 Å². The second-order valence-electron chi connectivity index (χ2n) is 10.4. The number of hydrogen-bond acceptors (Lipinski definition) is 8. The minimum atomic E-state index is -4.05. The molecule has 42 heavy (non-hydrogen) atoms. The molecule has 0 unspecified atom stereocenters. The van der Waals surface area contributed by atoms with Crippen LogP contribution >= 0.6 is 0 Å². The SMILES string of the molecule is O=C([C@@H]1CN(S(=O)(=O)c2ccccc2)CCN1S(=O)(=O)c1ccccc1)N1CCN(Cc2ccc3c(c2)OCO3)CC1. The molecule has 1 atom stereocenters. The molecule has 2 saturated heterocycles. The second-order valence-corrected chi connectivity index (χ2v) is 14.2. The van der Waals surface area contributed by atoms with Crippen molar-refractivity contribution in [2.45, 2.75) is 22.4 Å². The van der Waals surface area contributed by atoms with Crippen LogP contribution in [0, 0.1) is 0 Å². The van der Waals surface area contributed by atoms with Gasteiger partial charge in [-0.2, -0.15) is 8.61 Å². The summed E-state index contributed by atoms with van der Waals surface area (Å²) in [4.78, 5) is 18.0. The molecule has 3 aliphatic rings. The molecule has 0 bridgehead atoms. The van der Waals surface area contributed by atoms with Gasteiger partial charge in [-0.25, -0.2) is 16.8 Å². The highest BCUT2D eigenvalue weighted by Gasteiger charge is 2.45. The average Bonchev–Trinajstić information content (AvgIpc) is 3.50. The third kappa shape index (κ3) is 5.62. The minimum absolute atomic E-state index is 0.0591. The lowest BCUT2D eigenvalue weighted by atomic mass is 10.1. The Hall–Kier alpha value is -3.49. The van der Waals surface area contributed by atoms with Gasteiger partial charge in [0, 0.05) is 52.4 Å². The normalized spacial score (nSPS) is 20.5. The molecule has 0 aromatic heterocycles. The summed E-state index contributed by atoms with van der Waals surface area (Å²) >= 11 is 0. The van der Waals surface area contributed by atoms with E-state index >= 15 is 0 Å². The third-order valence-electron chi connectivity index (χ3n) is 7.84. The number of fused-ring (bicyclic) bond motifs is 1. The molecule has 0 spiro atoms. The first-order valence-corrected chi connectivity index (χ1v) is 16.6. The van der Waals surface area contributed by atoms with Gasteiger partial charge in [0.05, 0.1) is 9.79 Å². The summed E-state index contributed by atoms with van der Waals surface area (Å²) in [5.74, 6) is 1.04. The van der Waals surface area contributed by atoms with E-state index in [1.807, 2.05) is 18.2 Å². The van der Waals surface area contributed by atoms with Crippen molar-refractivity contribution in [1.82, 2.24) is 18.4 Å². The maximum Gasteiger partial charge on any atom is 0.243 e. The lowest BCUT2D eigenvalue weighted by Crippen LogP contribution is -2.63. The van der Waals surface area contributed by atoms with Gasteiger partial charge in [0.25, 0.3) is 0 Å². The first-order valence-electron chi connectivity index (χ1n) is 13.8. The summed E-state index contributed by atoms with van der Waals surface area (Å²) in [6, 6.07) is 20.6. The lowest BCUT2D eigenvalue weighted by Gasteiger charge is -2.42. The predicted molar refractivity (Wildman–Crippen MR) is 154 cm³/mol. The molecule has 2 fully saturated rings. The van der Waals surface area contributed by atoms with Crippen LogP contribution in [0.4, 0.5) is 0 Å². The fraction of sp³-hybridized carbons (Fsp3) is 0.345. The Balaban J connectivity index is 1.20. The van der Waals surface area contributed by atoms with E-state index in [9.17, 15) is 21.6 Å². The minimum Gasteiger partial charge on any atom is -0.454 e. The van der Waals surface area contributed by atoms with Gasteiger partial charge in [-0.3, -0.25) is 9.69 Å². The Bertz CT molecular complexity index is 1650. The molecule has 6 rings (SSSR count). The van der Waals surface area contributed by atoms with Gasteiger partial charge in [-0.15, -0.1) is 0 Å². The first-order chi connectivity index (χ1) is 20.2. The molecule has 3 aromatic rings. The van der Waals surface area contributed by atoms with Gasteiger partial charge >= 0.3 is 0 Å². The van der Waals surface area contributed by atoms with Gasteiger partial charge in [0.1, 0.15) is 6.04 Å². The highest BCUT2D eigenvalue weighted by atomic mass is 32.2. The molecule has 3 aliphatic heterocycles. The summed E-state index contributed by atoms with van der Waals surface area (Å²) in [5.41, 5.74) is 1.06. The zero-order valence-electron chi connectivity index (χ0n) is 22.9. The van der Waals surface area contributed by atoms with E-state index in [2.05, 4.69) is 4.90 Å². The van der Waals surface area contributed by atoms with Crippen LogP contribution in [0.15, 0.2) is 88.7 Å². The number of hydrogen-bond donors (Lipinski definition) is 0. The summed E-state index contributed by atoms with van der Waals surface area (Å²) < 4.78 is 67.6. The Morgan fingerprint density at radius 3 is 2.00 bits per heavy atom. The first kappa shape index (κ1) is 28.6. The van der Waals surface area contributed by atoms with Crippen LogP contribution in [-0.2, 0) is 31.4 Å². The number of rotatable bonds is 7. The molecule has 0 N–H and O–H groups in total. The quantitative estimate of drug-likeness (QED) is 0.397. The van der Waals surface area contributed by atoms with E-state index in [4.69, 9.17) is 9.47 Å². The van der Waals surface area contributed by atoms with Crippen LogP contribution in [-0.4, -0.2) is 99.8 Å². The number of nitrogens with zero attached hydrogens (tertiary/aromatic N) is 4. The highest BCUT2D eigenvalue weighted by Crippen LogP contribution is 2.33. The molecular formula is C29H32N4O7S2. The predicted octanol–water partition coefficient (Wildman–Crippen LogP) is 1.82. The van der Waals surface area contributed by atoms with Crippen molar-refractivity contribution < 1.29 is 31.1 Å². The summed E-state index contributed by atoms with van der Waals surface area (Å²) in [6.07, 6.45) is 0. The number of benzene rings is 3. The number of ether oxygens (including phenoxy) is 2. The van der Waals surface area contributed by atoms with Crippen molar-refractivity contribution in [3.8, 4) is 11.5 Å². The fourth-order valence-corrected chi connectivity index (χ4v) is 8.60. The van der Waals surface area contributed by atoms with Gasteiger partial charge in [-0.1, -0.05) is 42.5 Å². The number of carbonyl (C=O) groups is 1. The van der Waals surface area contributed by atoms with Crippen molar-refractivity contribution in [3.63, 3.8) is 0 Å². The zero-order chi connectivity index (χ0) is 29.3. The molecule has 0 radical (unpaired) electrons. The largest absolute Gasteiger partial charge is 0.454 e. The Morgan fingerprint density at radius 1 is 0.714 bits per heavy atom. The van der Waals surface area contributed by atoms with Gasteiger partial charge in [0.15, 0.2) is 11.5 Å². The van der Waals surface area contributed by atoms with Crippen molar-refractivity contribution in [2.24, 2.45) is 0 Å². The topological polar surface area (TPSA) is 117 Å². The van der Waals surface area contributed by atoms with E-state index in [1.54, 1.807) is 41.3 Å². The van der Waals surface area contributed by atoms with Crippen LogP contribution in [0.3, 0.4) is 0 Å². The van der Waals surface area contributed by atoms with E-state index in [0.717, 1.165) is 11.3 Å². The number of amides is 1. The zero-order valence-corrected chi connectivity index (χ0v) is 24.5. The molecule has 0 saturated carbocycles. The van der Waals surface area contributed by atoms with E-state index < -0.39 is 32.0 Å². The van der Waals surface area contributed by atoms with Gasteiger partial charge in [0.2, 0.25) is 32.7 Å². The highest BCUT2D eigenvalue weighted by molar-refractivity contribution is 7.89. The van der Waals surface area contributed by atoms with Crippen LogP contribution in [0.1, 0.15) is 5.56 Å². The van der Waals surface area contributed by atoms with Gasteiger partial charge in [-0.05, 0) is 42.0 Å². The van der Waals surface area contributed by atoms with E-state index in [-0.39, 0.29) is 36.2 Å². The van der Waals surface area contributed by atoms with Crippen molar-refractivity contribution in [1.29, 1.82) is 0 Å². The molecule has 222 valence electrons. The molecule has 3 heterocycles. The molecule has 0 aliphatic carbocycles. The summed E-state index contributed by atoms with van der Waals surface area (Å²) in [5, 5.41) is 0. The van der Waals surface area contributed by atoms with Crippen LogP contribution in [0.2, 0.25) is 0 Å². The van der Waals surface area contributed by atoms with Gasteiger partial charge < -0.3 is 14.4 Å². The number of carbonyl (C=O) groups excluding carboxylic acids is 1. The second kappa shape index (κ2) is 11.7. The third-order valence-corrected chi connectivity index (χ3v) is 11.6. The van der Waals surface area contributed by atoms with Crippen molar-refractivity contribution in [2.75, 3.05) is 52.6 Å². The Kier molecular flexibility index (Phi) is 7.94. The Morgan fingerprint density at radius 2 is 1.33 bits per heavy atom. The molecule has 13 heteroatoms. The van der Waals surface area contributed by atoms with E-state index in [1.165, 1.54) is 32.9 Å². The van der Waals surface area contributed by atoms with Crippen molar-refractivity contribution >= 4 is 26.0 Å². The smallest absolute Gasteiger partial charge is 0.243 e. The average molecular weight is 613 g/mol. The number of piperazine rings is 2. The molecular weight excluding hydrogens is 580 g/mol. The molecule has 1 amide bonds. The lowest BCUT2D eigenvalue weighted by molar-refractivity contribution is -0.138. The standard InChI is InChI=1S/C29H32N4O7S2/c34-29(31-15-13-30(14-16-31)20-23-11-12-27-28(19-23)40-22-39-27)26-21-32(41(35,36)24-7-3-1-4-8-24)17-18-33(26)42(37,38)25-9-5-2-6-10-25/h1-12,19,26H,13-18,20-22H2/t26-/m0/s1. The maximum absolute atomic E-state index is 14.0. The van der Waals surface area contributed by atoms with Crippen LogP contribution in [0.25, 0.3) is 0 Å². The maximum atomic E-state index is 14.0. The van der Waals surface area contributed by atoms with Crippen LogP contribution < -0.4 is 9.47 Å². The molecule has 11 nitrogen and oxygen atoms in total. The molecule has 3 aromatic carbocycles.